The number of thioether (sulfide) groups is 1. The van der Waals surface area contributed by atoms with Crippen LogP contribution in [0.15, 0.2) is 0 Å². The van der Waals surface area contributed by atoms with E-state index in [-0.39, 0.29) is 4.75 Å². The number of hydrogen-bond acceptors (Lipinski definition) is 3. The molecule has 0 aliphatic carbocycles. The zero-order chi connectivity index (χ0) is 11.2. The Kier molecular flexibility index (Phi) is 6.20. The van der Waals surface area contributed by atoms with Gasteiger partial charge in [0, 0.05) is 4.75 Å². The minimum absolute atomic E-state index is 0.375. The van der Waals surface area contributed by atoms with Gasteiger partial charge in [-0.25, -0.2) is 0 Å². The van der Waals surface area contributed by atoms with E-state index in [0.717, 1.165) is 12.2 Å². The predicted octanol–water partition coefficient (Wildman–Crippen LogP) is 2.10. The maximum Gasteiger partial charge on any atom is 0.321 e. The molecule has 0 amide bonds. The van der Waals surface area contributed by atoms with Crippen molar-refractivity contribution in [2.45, 2.75) is 50.8 Å². The van der Waals surface area contributed by atoms with Gasteiger partial charge in [-0.15, -0.1) is 0 Å². The summed E-state index contributed by atoms with van der Waals surface area (Å²) < 4.78 is -0.375. The molecule has 14 heavy (non-hydrogen) atoms. The molecule has 3 N–H and O–H groups in total. The van der Waals surface area contributed by atoms with E-state index in [0.29, 0.717) is 0 Å². The van der Waals surface area contributed by atoms with Crippen LogP contribution in [0.2, 0.25) is 0 Å². The lowest BCUT2D eigenvalue weighted by atomic mass is 10.1. The van der Waals surface area contributed by atoms with E-state index in [1.54, 1.807) is 11.8 Å². The zero-order valence-corrected chi connectivity index (χ0v) is 10.1. The molecule has 0 radical (unpaired) electrons. The lowest BCUT2D eigenvalue weighted by molar-refractivity contribution is -0.139. The molecule has 0 unspecified atom stereocenters. The SMILES string of the molecule is CCCCCSC(C)(C)[C@@H](N)C(=O)O. The summed E-state index contributed by atoms with van der Waals surface area (Å²) in [5.41, 5.74) is 5.59. The molecule has 0 spiro atoms. The van der Waals surface area contributed by atoms with Gasteiger partial charge in [-0.05, 0) is 26.0 Å². The molecule has 3 nitrogen and oxygen atoms in total. The van der Waals surface area contributed by atoms with E-state index >= 15 is 0 Å². The highest BCUT2D eigenvalue weighted by molar-refractivity contribution is 8.00. The molecule has 0 fully saturated rings. The first-order valence-electron chi connectivity index (χ1n) is 5.04. The van der Waals surface area contributed by atoms with E-state index < -0.39 is 12.0 Å². The van der Waals surface area contributed by atoms with Crippen LogP contribution >= 0.6 is 11.8 Å². The highest BCUT2D eigenvalue weighted by Gasteiger charge is 2.31. The van der Waals surface area contributed by atoms with Crippen LogP contribution in [0.5, 0.6) is 0 Å². The van der Waals surface area contributed by atoms with E-state index in [2.05, 4.69) is 6.92 Å². The Hall–Kier alpha value is -0.220. The predicted molar refractivity (Wildman–Crippen MR) is 61.7 cm³/mol. The molecule has 0 aromatic rings. The quantitative estimate of drug-likeness (QED) is 0.644. The summed E-state index contributed by atoms with van der Waals surface area (Å²) in [4.78, 5) is 10.7. The minimum Gasteiger partial charge on any atom is -0.480 e. The molecule has 0 rings (SSSR count). The number of carboxylic acids is 1. The topological polar surface area (TPSA) is 63.3 Å². The molecular formula is C10H21NO2S. The van der Waals surface area contributed by atoms with Gasteiger partial charge in [-0.2, -0.15) is 11.8 Å². The van der Waals surface area contributed by atoms with Gasteiger partial charge in [0.05, 0.1) is 0 Å². The number of carboxylic acid groups (broad SMARTS) is 1. The van der Waals surface area contributed by atoms with Crippen LogP contribution in [0, 0.1) is 0 Å². The zero-order valence-electron chi connectivity index (χ0n) is 9.25. The summed E-state index contributed by atoms with van der Waals surface area (Å²) in [5, 5.41) is 8.78. The molecule has 0 aliphatic heterocycles. The van der Waals surface area contributed by atoms with Gasteiger partial charge in [0.25, 0.3) is 0 Å². The Morgan fingerprint density at radius 3 is 2.50 bits per heavy atom. The van der Waals surface area contributed by atoms with Gasteiger partial charge in [0.2, 0.25) is 0 Å². The number of aliphatic carboxylic acids is 1. The third-order valence-electron chi connectivity index (χ3n) is 2.24. The van der Waals surface area contributed by atoms with Crippen LogP contribution in [0.1, 0.15) is 40.0 Å². The Labute approximate surface area is 90.4 Å². The average Bonchev–Trinajstić information content (AvgIpc) is 2.11. The van der Waals surface area contributed by atoms with Crippen LogP contribution in [0.3, 0.4) is 0 Å². The Morgan fingerprint density at radius 1 is 1.50 bits per heavy atom. The molecular weight excluding hydrogens is 198 g/mol. The summed E-state index contributed by atoms with van der Waals surface area (Å²) in [5.74, 6) is 0.0694. The average molecular weight is 219 g/mol. The van der Waals surface area contributed by atoms with E-state index in [1.165, 1.54) is 12.8 Å². The van der Waals surface area contributed by atoms with Crippen molar-refractivity contribution in [3.8, 4) is 0 Å². The minimum atomic E-state index is -0.919. The first-order chi connectivity index (χ1) is 6.41. The number of nitrogens with two attached hydrogens (primary N) is 1. The largest absolute Gasteiger partial charge is 0.480 e. The van der Waals surface area contributed by atoms with Crippen LogP contribution in [0.25, 0.3) is 0 Å². The fraction of sp³-hybridized carbons (Fsp3) is 0.900. The standard InChI is InChI=1S/C10H21NO2S/c1-4-5-6-7-14-10(2,3)8(11)9(12)13/h8H,4-7,11H2,1-3H3,(H,12,13)/t8-/m0/s1. The Bertz CT molecular complexity index is 183. The van der Waals surface area contributed by atoms with Crippen molar-refractivity contribution >= 4 is 17.7 Å². The summed E-state index contributed by atoms with van der Waals surface area (Å²) in [6, 6.07) is -0.783. The second-order valence-corrected chi connectivity index (χ2v) is 5.72. The van der Waals surface area contributed by atoms with Crippen molar-refractivity contribution in [1.29, 1.82) is 0 Å². The maximum atomic E-state index is 10.7. The van der Waals surface area contributed by atoms with Gasteiger partial charge < -0.3 is 10.8 Å². The van der Waals surface area contributed by atoms with E-state index in [9.17, 15) is 4.79 Å². The van der Waals surface area contributed by atoms with Crippen LogP contribution in [-0.4, -0.2) is 27.6 Å². The summed E-state index contributed by atoms with van der Waals surface area (Å²) >= 11 is 1.65. The Balaban J connectivity index is 3.88. The molecule has 0 aromatic heterocycles. The molecule has 0 bridgehead atoms. The van der Waals surface area contributed by atoms with Crippen molar-refractivity contribution in [2.75, 3.05) is 5.75 Å². The first kappa shape index (κ1) is 13.8. The molecule has 0 saturated carbocycles. The van der Waals surface area contributed by atoms with Gasteiger partial charge in [-0.3, -0.25) is 4.79 Å². The lowest BCUT2D eigenvalue weighted by Crippen LogP contribution is -2.46. The van der Waals surface area contributed by atoms with Gasteiger partial charge in [0.15, 0.2) is 0 Å². The van der Waals surface area contributed by atoms with Gasteiger partial charge >= 0.3 is 5.97 Å². The monoisotopic (exact) mass is 219 g/mol. The van der Waals surface area contributed by atoms with E-state index in [1.807, 2.05) is 13.8 Å². The second kappa shape index (κ2) is 6.30. The summed E-state index contributed by atoms with van der Waals surface area (Å²) in [7, 11) is 0. The number of hydrogen-bond donors (Lipinski definition) is 2. The summed E-state index contributed by atoms with van der Waals surface area (Å²) in [6.45, 7) is 5.93. The molecule has 1 atom stereocenters. The Morgan fingerprint density at radius 2 is 2.07 bits per heavy atom. The molecule has 4 heteroatoms. The second-order valence-electron chi connectivity index (χ2n) is 3.97. The van der Waals surface area contributed by atoms with Crippen molar-refractivity contribution in [1.82, 2.24) is 0 Å². The fourth-order valence-electron chi connectivity index (χ4n) is 1.07. The highest BCUT2D eigenvalue weighted by Crippen LogP contribution is 2.28. The first-order valence-corrected chi connectivity index (χ1v) is 6.02. The molecule has 0 aromatic carbocycles. The van der Waals surface area contributed by atoms with Crippen LogP contribution in [0.4, 0.5) is 0 Å². The number of rotatable bonds is 7. The maximum absolute atomic E-state index is 10.7. The molecule has 0 heterocycles. The number of carbonyl (C=O) groups is 1. The third-order valence-corrected chi connectivity index (χ3v) is 3.73. The van der Waals surface area contributed by atoms with Gasteiger partial charge in [-0.1, -0.05) is 19.8 Å². The normalized spacial score (nSPS) is 14.0. The van der Waals surface area contributed by atoms with Crippen molar-refractivity contribution in [3.05, 3.63) is 0 Å². The van der Waals surface area contributed by atoms with Crippen molar-refractivity contribution in [2.24, 2.45) is 5.73 Å². The number of unbranched alkanes of at least 4 members (excludes halogenated alkanes) is 2. The fourth-order valence-corrected chi connectivity index (χ4v) is 2.23. The van der Waals surface area contributed by atoms with E-state index in [4.69, 9.17) is 10.8 Å². The smallest absolute Gasteiger partial charge is 0.321 e. The molecule has 0 aliphatic rings. The van der Waals surface area contributed by atoms with Crippen LogP contribution in [-0.2, 0) is 4.79 Å². The third kappa shape index (κ3) is 4.86. The summed E-state index contributed by atoms with van der Waals surface area (Å²) in [6.07, 6.45) is 3.52. The van der Waals surface area contributed by atoms with Crippen molar-refractivity contribution < 1.29 is 9.90 Å². The highest BCUT2D eigenvalue weighted by atomic mass is 32.2. The van der Waals surface area contributed by atoms with Gasteiger partial charge in [0.1, 0.15) is 6.04 Å². The molecule has 0 saturated heterocycles. The van der Waals surface area contributed by atoms with Crippen LogP contribution < -0.4 is 5.73 Å². The molecule has 84 valence electrons. The lowest BCUT2D eigenvalue weighted by Gasteiger charge is -2.27. The van der Waals surface area contributed by atoms with Crippen molar-refractivity contribution in [3.63, 3.8) is 0 Å².